The van der Waals surface area contributed by atoms with Gasteiger partial charge in [0, 0.05) is 12.2 Å². The Bertz CT molecular complexity index is 1000. The number of carbonyl (C=O) groups excluding carboxylic acids is 1. The highest BCUT2D eigenvalue weighted by molar-refractivity contribution is 7.99. The van der Waals surface area contributed by atoms with E-state index in [-0.39, 0.29) is 11.7 Å². The number of nitrogens with one attached hydrogen (secondary N) is 1. The Morgan fingerprint density at radius 3 is 2.69 bits per heavy atom. The van der Waals surface area contributed by atoms with Crippen molar-refractivity contribution in [2.24, 2.45) is 0 Å². The first kappa shape index (κ1) is 20.9. The minimum atomic E-state index is -0.0630. The van der Waals surface area contributed by atoms with E-state index in [4.69, 9.17) is 4.74 Å². The molecular formula is C22H26N4O2S. The normalized spacial score (nSPS) is 10.8. The molecule has 0 bridgehead atoms. The Labute approximate surface area is 175 Å². The summed E-state index contributed by atoms with van der Waals surface area (Å²) in [6, 6.07) is 13.8. The molecule has 0 saturated carbocycles. The van der Waals surface area contributed by atoms with E-state index >= 15 is 0 Å². The fraction of sp³-hybridized carbons (Fsp3) is 0.318. The number of amides is 1. The second-order valence-corrected chi connectivity index (χ2v) is 7.78. The number of aromatic nitrogens is 3. The molecule has 1 aromatic heterocycles. The van der Waals surface area contributed by atoms with Crippen molar-refractivity contribution in [1.29, 1.82) is 0 Å². The summed E-state index contributed by atoms with van der Waals surface area (Å²) in [5.74, 6) is 1.75. The first-order valence-corrected chi connectivity index (χ1v) is 10.6. The summed E-state index contributed by atoms with van der Waals surface area (Å²) in [7, 11) is 0. The van der Waals surface area contributed by atoms with E-state index in [0.717, 1.165) is 34.0 Å². The Hall–Kier alpha value is -2.80. The molecule has 0 saturated heterocycles. The molecule has 0 unspecified atom stereocenters. The minimum absolute atomic E-state index is 0.0630. The van der Waals surface area contributed by atoms with Crippen LogP contribution >= 0.6 is 11.8 Å². The van der Waals surface area contributed by atoms with Crippen molar-refractivity contribution in [3.8, 4) is 5.75 Å². The fourth-order valence-electron chi connectivity index (χ4n) is 2.91. The van der Waals surface area contributed by atoms with Crippen molar-refractivity contribution in [2.45, 2.75) is 46.0 Å². The van der Waals surface area contributed by atoms with Gasteiger partial charge in [0.25, 0.3) is 0 Å². The van der Waals surface area contributed by atoms with Gasteiger partial charge in [-0.15, -0.1) is 10.2 Å². The highest BCUT2D eigenvalue weighted by Gasteiger charge is 2.14. The van der Waals surface area contributed by atoms with E-state index in [2.05, 4.69) is 15.5 Å². The quantitative estimate of drug-likeness (QED) is 0.553. The molecule has 7 heteroatoms. The van der Waals surface area contributed by atoms with E-state index in [1.807, 2.05) is 74.7 Å². The van der Waals surface area contributed by atoms with E-state index in [9.17, 15) is 4.79 Å². The predicted octanol–water partition coefficient (Wildman–Crippen LogP) is 4.53. The van der Waals surface area contributed by atoms with Crippen molar-refractivity contribution in [3.63, 3.8) is 0 Å². The highest BCUT2D eigenvalue weighted by Crippen LogP contribution is 2.21. The van der Waals surface area contributed by atoms with Gasteiger partial charge in [0.05, 0.1) is 5.75 Å². The highest BCUT2D eigenvalue weighted by atomic mass is 32.2. The van der Waals surface area contributed by atoms with Crippen LogP contribution in [0.25, 0.3) is 0 Å². The molecule has 29 heavy (non-hydrogen) atoms. The third kappa shape index (κ3) is 5.38. The molecule has 2 aromatic carbocycles. The van der Waals surface area contributed by atoms with Gasteiger partial charge in [-0.25, -0.2) is 0 Å². The smallest absolute Gasteiger partial charge is 0.234 e. The van der Waals surface area contributed by atoms with Crippen LogP contribution in [0.5, 0.6) is 5.75 Å². The largest absolute Gasteiger partial charge is 0.486 e. The number of nitrogens with zero attached hydrogens (tertiary/aromatic N) is 3. The van der Waals surface area contributed by atoms with Crippen molar-refractivity contribution in [2.75, 3.05) is 11.1 Å². The maximum absolute atomic E-state index is 12.4. The number of carbonyl (C=O) groups is 1. The summed E-state index contributed by atoms with van der Waals surface area (Å²) in [4.78, 5) is 12.4. The molecule has 0 aliphatic rings. The minimum Gasteiger partial charge on any atom is -0.486 e. The Balaban J connectivity index is 1.59. The van der Waals surface area contributed by atoms with Crippen LogP contribution in [0.2, 0.25) is 0 Å². The van der Waals surface area contributed by atoms with Crippen LogP contribution in [0.15, 0.2) is 47.6 Å². The van der Waals surface area contributed by atoms with Crippen LogP contribution in [-0.2, 0) is 17.9 Å². The Morgan fingerprint density at radius 1 is 1.14 bits per heavy atom. The van der Waals surface area contributed by atoms with Gasteiger partial charge >= 0.3 is 0 Å². The van der Waals surface area contributed by atoms with Gasteiger partial charge in [0.2, 0.25) is 5.91 Å². The van der Waals surface area contributed by atoms with Crippen LogP contribution in [0, 0.1) is 20.8 Å². The second-order valence-electron chi connectivity index (χ2n) is 6.83. The molecule has 0 spiro atoms. The average molecular weight is 411 g/mol. The standard InChI is InChI=1S/C22H26N4O2S/c1-5-26-20(13-28-18-10-6-8-15(2)12-18)24-25-22(26)29-14-21(27)23-19-11-7-9-16(3)17(19)4/h6-12H,5,13-14H2,1-4H3,(H,23,27). The summed E-state index contributed by atoms with van der Waals surface area (Å²) in [5, 5.41) is 12.2. The monoisotopic (exact) mass is 410 g/mol. The first-order chi connectivity index (χ1) is 14.0. The zero-order valence-corrected chi connectivity index (χ0v) is 18.0. The zero-order chi connectivity index (χ0) is 20.8. The number of rotatable bonds is 8. The van der Waals surface area contributed by atoms with Gasteiger partial charge in [0.15, 0.2) is 11.0 Å². The van der Waals surface area contributed by atoms with Crippen molar-refractivity contribution in [1.82, 2.24) is 14.8 Å². The topological polar surface area (TPSA) is 69.0 Å². The summed E-state index contributed by atoms with van der Waals surface area (Å²) < 4.78 is 7.82. The van der Waals surface area contributed by atoms with Crippen molar-refractivity contribution >= 4 is 23.4 Å². The average Bonchev–Trinajstić information content (AvgIpc) is 3.10. The number of ether oxygens (including phenoxy) is 1. The molecule has 0 aliphatic carbocycles. The lowest BCUT2D eigenvalue weighted by Gasteiger charge is -2.11. The van der Waals surface area contributed by atoms with Crippen molar-refractivity contribution < 1.29 is 9.53 Å². The molecule has 3 aromatic rings. The van der Waals surface area contributed by atoms with E-state index in [0.29, 0.717) is 18.3 Å². The molecule has 0 aliphatic heterocycles. The lowest BCUT2D eigenvalue weighted by atomic mass is 10.1. The van der Waals surface area contributed by atoms with Crippen LogP contribution in [0.1, 0.15) is 29.4 Å². The first-order valence-electron chi connectivity index (χ1n) is 9.58. The van der Waals surface area contributed by atoms with Crippen molar-refractivity contribution in [3.05, 3.63) is 65.0 Å². The number of aryl methyl sites for hydroxylation is 2. The van der Waals surface area contributed by atoms with E-state index in [1.165, 1.54) is 11.8 Å². The predicted molar refractivity (Wildman–Crippen MR) is 116 cm³/mol. The molecule has 0 radical (unpaired) electrons. The number of hydrogen-bond acceptors (Lipinski definition) is 5. The fourth-order valence-corrected chi connectivity index (χ4v) is 3.73. The lowest BCUT2D eigenvalue weighted by Crippen LogP contribution is -2.16. The lowest BCUT2D eigenvalue weighted by molar-refractivity contribution is -0.113. The number of hydrogen-bond donors (Lipinski definition) is 1. The van der Waals surface area contributed by atoms with Gasteiger partial charge < -0.3 is 14.6 Å². The molecule has 0 fully saturated rings. The maximum atomic E-state index is 12.4. The van der Waals surface area contributed by atoms with Gasteiger partial charge in [-0.05, 0) is 62.6 Å². The molecule has 1 amide bonds. The number of benzene rings is 2. The number of anilines is 1. The third-order valence-corrected chi connectivity index (χ3v) is 5.64. The van der Waals surface area contributed by atoms with Gasteiger partial charge in [-0.2, -0.15) is 0 Å². The Morgan fingerprint density at radius 2 is 1.93 bits per heavy atom. The summed E-state index contributed by atoms with van der Waals surface area (Å²) >= 11 is 1.38. The molecule has 1 N–H and O–H groups in total. The SMILES string of the molecule is CCn1c(COc2cccc(C)c2)nnc1SCC(=O)Nc1cccc(C)c1C. The molecule has 3 rings (SSSR count). The van der Waals surface area contributed by atoms with E-state index in [1.54, 1.807) is 0 Å². The summed E-state index contributed by atoms with van der Waals surface area (Å²) in [6.07, 6.45) is 0. The Kier molecular flexibility index (Phi) is 6.93. The zero-order valence-electron chi connectivity index (χ0n) is 17.2. The maximum Gasteiger partial charge on any atom is 0.234 e. The number of thioether (sulfide) groups is 1. The van der Waals surface area contributed by atoms with Crippen LogP contribution < -0.4 is 10.1 Å². The van der Waals surface area contributed by atoms with Gasteiger partial charge in [0.1, 0.15) is 12.4 Å². The summed E-state index contributed by atoms with van der Waals surface area (Å²) in [5.41, 5.74) is 4.22. The van der Waals surface area contributed by atoms with E-state index < -0.39 is 0 Å². The molecule has 1 heterocycles. The third-order valence-electron chi connectivity index (χ3n) is 4.68. The molecular weight excluding hydrogens is 384 g/mol. The van der Waals surface area contributed by atoms with Crippen LogP contribution in [0.4, 0.5) is 5.69 Å². The molecule has 6 nitrogen and oxygen atoms in total. The molecule has 0 atom stereocenters. The second kappa shape index (κ2) is 9.60. The molecule has 152 valence electrons. The summed E-state index contributed by atoms with van der Waals surface area (Å²) in [6.45, 7) is 9.13. The van der Waals surface area contributed by atoms with Crippen LogP contribution in [-0.4, -0.2) is 26.4 Å². The van der Waals surface area contributed by atoms with Gasteiger partial charge in [-0.3, -0.25) is 4.79 Å². The van der Waals surface area contributed by atoms with Gasteiger partial charge in [-0.1, -0.05) is 36.0 Å². The van der Waals surface area contributed by atoms with Crippen LogP contribution in [0.3, 0.4) is 0 Å².